The van der Waals surface area contributed by atoms with Gasteiger partial charge in [-0.1, -0.05) is 15.9 Å². The Morgan fingerprint density at radius 2 is 2.71 bits per heavy atom. The average Bonchev–Trinajstić information content (AvgIpc) is 1.87. The van der Waals surface area contributed by atoms with Crippen molar-refractivity contribution in [1.29, 1.82) is 0 Å². The third kappa shape index (κ3) is 1.40. The molecule has 1 unspecified atom stereocenters. The molecule has 0 aromatic rings. The molecule has 0 bridgehead atoms. The lowest BCUT2D eigenvalue weighted by Crippen LogP contribution is -2.23. The van der Waals surface area contributed by atoms with Gasteiger partial charge in [-0.2, -0.15) is 0 Å². The van der Waals surface area contributed by atoms with Crippen molar-refractivity contribution in [1.82, 2.24) is 10.4 Å². The quantitative estimate of drug-likeness (QED) is 0.520. The van der Waals surface area contributed by atoms with E-state index >= 15 is 0 Å². The lowest BCUT2D eigenvalue weighted by Gasteiger charge is -2.03. The van der Waals surface area contributed by atoms with Gasteiger partial charge in [-0.25, -0.2) is 10.4 Å². The summed E-state index contributed by atoms with van der Waals surface area (Å²) in [7, 11) is 2.01. The van der Waals surface area contributed by atoms with Gasteiger partial charge in [0.2, 0.25) is 0 Å². The van der Waals surface area contributed by atoms with Gasteiger partial charge >= 0.3 is 0 Å². The number of nitrogens with one attached hydrogen (secondary N) is 1. The smallest absolute Gasteiger partial charge is 0.0531 e. The van der Waals surface area contributed by atoms with Crippen LogP contribution < -0.4 is 5.43 Å². The van der Waals surface area contributed by atoms with E-state index in [4.69, 9.17) is 0 Å². The molecule has 0 aliphatic carbocycles. The number of halogens is 1. The van der Waals surface area contributed by atoms with Gasteiger partial charge in [-0.15, -0.1) is 0 Å². The SMILES string of the molecule is CN1CC(Br)[CH]N1. The molecule has 1 aliphatic rings. The maximum Gasteiger partial charge on any atom is 0.0531 e. The summed E-state index contributed by atoms with van der Waals surface area (Å²) in [6.45, 7) is 3.07. The van der Waals surface area contributed by atoms with E-state index in [0.717, 1.165) is 6.54 Å². The monoisotopic (exact) mass is 163 g/mol. The van der Waals surface area contributed by atoms with Gasteiger partial charge in [-0.3, -0.25) is 0 Å². The third-order valence-electron chi connectivity index (χ3n) is 0.924. The molecule has 1 aliphatic heterocycles. The van der Waals surface area contributed by atoms with Crippen molar-refractivity contribution in [3.05, 3.63) is 6.54 Å². The van der Waals surface area contributed by atoms with E-state index < -0.39 is 0 Å². The summed E-state index contributed by atoms with van der Waals surface area (Å²) in [6, 6.07) is 0. The van der Waals surface area contributed by atoms with Crippen LogP contribution in [0.5, 0.6) is 0 Å². The van der Waals surface area contributed by atoms with E-state index in [2.05, 4.69) is 21.4 Å². The number of hydrogen-bond acceptors (Lipinski definition) is 2. The molecular weight excluding hydrogens is 156 g/mol. The molecule has 3 heteroatoms. The molecule has 1 radical (unpaired) electrons. The summed E-state index contributed by atoms with van der Waals surface area (Å²) in [5.74, 6) is 0. The Labute approximate surface area is 52.0 Å². The maximum absolute atomic E-state index is 3.42. The Morgan fingerprint density at radius 1 is 2.00 bits per heavy atom. The third-order valence-corrected chi connectivity index (χ3v) is 1.48. The molecule has 1 saturated heterocycles. The zero-order valence-electron chi connectivity index (χ0n) is 4.19. The molecule has 7 heavy (non-hydrogen) atoms. The second kappa shape index (κ2) is 2.11. The summed E-state index contributed by atoms with van der Waals surface area (Å²) < 4.78 is 0. The molecule has 0 aromatic carbocycles. The number of rotatable bonds is 0. The molecule has 0 amide bonds. The van der Waals surface area contributed by atoms with Gasteiger partial charge in [0.25, 0.3) is 0 Å². The zero-order chi connectivity index (χ0) is 5.28. The average molecular weight is 164 g/mol. The van der Waals surface area contributed by atoms with Crippen LogP contribution in [0.15, 0.2) is 0 Å². The van der Waals surface area contributed by atoms with Crippen LogP contribution in [0.25, 0.3) is 0 Å². The first kappa shape index (κ1) is 5.54. The van der Waals surface area contributed by atoms with Crippen LogP contribution in [-0.2, 0) is 0 Å². The number of hydrazine groups is 1. The molecule has 0 spiro atoms. The van der Waals surface area contributed by atoms with E-state index in [0.29, 0.717) is 4.83 Å². The van der Waals surface area contributed by atoms with Gasteiger partial charge in [0.05, 0.1) is 6.54 Å². The minimum atomic E-state index is 0.525. The topological polar surface area (TPSA) is 15.3 Å². The van der Waals surface area contributed by atoms with Crippen LogP contribution in [0.4, 0.5) is 0 Å². The van der Waals surface area contributed by atoms with E-state index in [1.807, 2.05) is 18.6 Å². The predicted molar refractivity (Wildman–Crippen MR) is 32.8 cm³/mol. The zero-order valence-corrected chi connectivity index (χ0v) is 5.77. The van der Waals surface area contributed by atoms with Crippen molar-refractivity contribution in [3.8, 4) is 0 Å². The van der Waals surface area contributed by atoms with Crippen molar-refractivity contribution in [2.24, 2.45) is 0 Å². The summed E-state index contributed by atoms with van der Waals surface area (Å²) in [4.78, 5) is 0.525. The first-order chi connectivity index (χ1) is 3.29. The summed E-state index contributed by atoms with van der Waals surface area (Å²) in [5, 5.41) is 2.03. The van der Waals surface area contributed by atoms with Gasteiger partial charge in [0, 0.05) is 18.4 Å². The van der Waals surface area contributed by atoms with Crippen LogP contribution in [0.2, 0.25) is 0 Å². The van der Waals surface area contributed by atoms with E-state index in [1.54, 1.807) is 0 Å². The van der Waals surface area contributed by atoms with Crippen molar-refractivity contribution < 1.29 is 0 Å². The summed E-state index contributed by atoms with van der Waals surface area (Å²) >= 11 is 3.42. The Hall–Kier alpha value is 0.400. The summed E-state index contributed by atoms with van der Waals surface area (Å²) in [6.07, 6.45) is 0. The highest BCUT2D eigenvalue weighted by Crippen LogP contribution is 2.07. The fraction of sp³-hybridized carbons (Fsp3) is 0.750. The van der Waals surface area contributed by atoms with E-state index in [1.165, 1.54) is 0 Å². The number of alkyl halides is 1. The Balaban J connectivity index is 2.26. The Bertz CT molecular complexity index is 58.7. The van der Waals surface area contributed by atoms with Crippen LogP contribution >= 0.6 is 15.9 Å². The molecule has 2 nitrogen and oxygen atoms in total. The highest BCUT2D eigenvalue weighted by Gasteiger charge is 2.14. The van der Waals surface area contributed by atoms with Gasteiger partial charge in [-0.05, 0) is 0 Å². The summed E-state index contributed by atoms with van der Waals surface area (Å²) in [5.41, 5.74) is 3.03. The van der Waals surface area contributed by atoms with Crippen LogP contribution in [0, 0.1) is 6.54 Å². The van der Waals surface area contributed by atoms with Crippen molar-refractivity contribution in [3.63, 3.8) is 0 Å². The molecule has 1 rings (SSSR count). The van der Waals surface area contributed by atoms with Gasteiger partial charge < -0.3 is 0 Å². The minimum Gasteiger partial charge on any atom is -0.249 e. The first-order valence-electron chi connectivity index (χ1n) is 2.24. The van der Waals surface area contributed by atoms with Crippen molar-refractivity contribution in [2.45, 2.75) is 4.83 Å². The second-order valence-corrected chi connectivity index (χ2v) is 2.87. The molecule has 1 atom stereocenters. The molecular formula is C4H8BrN2. The van der Waals surface area contributed by atoms with Crippen molar-refractivity contribution >= 4 is 15.9 Å². The Morgan fingerprint density at radius 3 is 2.86 bits per heavy atom. The van der Waals surface area contributed by atoms with E-state index in [9.17, 15) is 0 Å². The lowest BCUT2D eigenvalue weighted by molar-refractivity contribution is 0.327. The molecule has 0 saturated carbocycles. The molecule has 1 fully saturated rings. The van der Waals surface area contributed by atoms with Crippen molar-refractivity contribution in [2.75, 3.05) is 13.6 Å². The largest absolute Gasteiger partial charge is 0.249 e. The van der Waals surface area contributed by atoms with Gasteiger partial charge in [0.1, 0.15) is 0 Å². The lowest BCUT2D eigenvalue weighted by atomic mass is 10.5. The fourth-order valence-corrected chi connectivity index (χ4v) is 1.13. The highest BCUT2D eigenvalue weighted by molar-refractivity contribution is 9.09. The van der Waals surface area contributed by atoms with Crippen LogP contribution in [0.3, 0.4) is 0 Å². The standard InChI is InChI=1S/C4H8BrN2/c1-7-3-4(5)2-6-7/h2,4,6H,3H2,1H3. The van der Waals surface area contributed by atoms with Gasteiger partial charge in [0.15, 0.2) is 0 Å². The predicted octanol–water partition coefficient (Wildman–Crippen LogP) is 0.362. The van der Waals surface area contributed by atoms with Crippen LogP contribution in [0.1, 0.15) is 0 Å². The second-order valence-electron chi connectivity index (χ2n) is 1.69. The highest BCUT2D eigenvalue weighted by atomic mass is 79.9. The number of nitrogens with zero attached hydrogens (tertiary/aromatic N) is 1. The minimum absolute atomic E-state index is 0.525. The van der Waals surface area contributed by atoms with E-state index in [-0.39, 0.29) is 0 Å². The van der Waals surface area contributed by atoms with Crippen LogP contribution in [-0.4, -0.2) is 23.4 Å². The number of hydrogen-bond donors (Lipinski definition) is 1. The Kier molecular flexibility index (Phi) is 1.67. The molecule has 1 heterocycles. The fourth-order valence-electron chi connectivity index (χ4n) is 0.575. The molecule has 1 N–H and O–H groups in total. The molecule has 0 aromatic heterocycles. The molecule has 41 valence electrons. The maximum atomic E-state index is 3.42. The first-order valence-corrected chi connectivity index (χ1v) is 3.15. The normalized spacial score (nSPS) is 34.3.